The molecule has 3 aromatic rings. The van der Waals surface area contributed by atoms with E-state index in [2.05, 4.69) is 34.3 Å². The van der Waals surface area contributed by atoms with Gasteiger partial charge in [0.1, 0.15) is 11.6 Å². The number of carbonyl (C=O) groups is 1. The number of carbonyl (C=O) groups excluding carboxylic acids is 1. The molecule has 1 heterocycles. The average molecular weight is 465 g/mol. The van der Waals surface area contributed by atoms with Gasteiger partial charge in [0.05, 0.1) is 30.3 Å². The summed E-state index contributed by atoms with van der Waals surface area (Å²) in [5, 5.41) is 5.79. The molecule has 0 atom stereocenters. The van der Waals surface area contributed by atoms with Crippen molar-refractivity contribution < 1.29 is 14.3 Å². The van der Waals surface area contributed by atoms with E-state index in [0.717, 1.165) is 55.0 Å². The Balaban J connectivity index is 1.58. The van der Waals surface area contributed by atoms with Gasteiger partial charge in [-0.3, -0.25) is 0 Å². The predicted octanol–water partition coefficient (Wildman–Crippen LogP) is 5.79. The Kier molecular flexibility index (Phi) is 9.98. The third-order valence-corrected chi connectivity index (χ3v) is 5.58. The monoisotopic (exact) mass is 464 g/mol. The van der Waals surface area contributed by atoms with E-state index in [-0.39, 0.29) is 6.03 Å². The molecule has 2 amide bonds. The third-order valence-electron chi connectivity index (χ3n) is 5.58. The van der Waals surface area contributed by atoms with E-state index in [0.29, 0.717) is 31.2 Å². The molecule has 2 aromatic carbocycles. The van der Waals surface area contributed by atoms with Crippen LogP contribution in [0.3, 0.4) is 0 Å². The number of nitrogens with zero attached hydrogens (tertiary/aromatic N) is 2. The molecule has 0 saturated carbocycles. The van der Waals surface area contributed by atoms with Crippen molar-refractivity contribution in [3.8, 4) is 17.0 Å². The van der Waals surface area contributed by atoms with Crippen LogP contribution >= 0.6 is 0 Å². The first kappa shape index (κ1) is 25.3. The van der Waals surface area contributed by atoms with E-state index in [9.17, 15) is 4.79 Å². The van der Waals surface area contributed by atoms with Gasteiger partial charge in [-0.25, -0.2) is 9.78 Å². The van der Waals surface area contributed by atoms with Gasteiger partial charge in [-0.05, 0) is 31.9 Å². The maximum absolute atomic E-state index is 12.2. The number of benzene rings is 2. The van der Waals surface area contributed by atoms with E-state index in [1.54, 1.807) is 7.11 Å². The number of rotatable bonds is 13. The van der Waals surface area contributed by atoms with Crippen LogP contribution in [0, 0.1) is 6.92 Å². The van der Waals surface area contributed by atoms with Crippen molar-refractivity contribution in [2.45, 2.75) is 52.7 Å². The smallest absolute Gasteiger partial charge is 0.319 e. The Morgan fingerprint density at radius 2 is 1.79 bits per heavy atom. The van der Waals surface area contributed by atoms with Crippen molar-refractivity contribution in [3.05, 3.63) is 66.1 Å². The van der Waals surface area contributed by atoms with Crippen LogP contribution in [0.4, 0.5) is 10.5 Å². The molecule has 0 spiro atoms. The molecule has 0 unspecified atom stereocenters. The van der Waals surface area contributed by atoms with Gasteiger partial charge >= 0.3 is 6.03 Å². The van der Waals surface area contributed by atoms with Crippen LogP contribution in [0.1, 0.15) is 44.1 Å². The Hall–Kier alpha value is -3.32. The first-order valence-corrected chi connectivity index (χ1v) is 12.0. The first-order chi connectivity index (χ1) is 16.6. The molecule has 0 radical (unpaired) electrons. The minimum Gasteiger partial charge on any atom is -0.491 e. The molecular formula is C27H36N4O3. The fourth-order valence-electron chi connectivity index (χ4n) is 3.86. The van der Waals surface area contributed by atoms with Crippen LogP contribution in [0.25, 0.3) is 11.3 Å². The molecule has 1 aromatic heterocycles. The molecule has 182 valence electrons. The Morgan fingerprint density at radius 1 is 1.03 bits per heavy atom. The van der Waals surface area contributed by atoms with Gasteiger partial charge in [0.2, 0.25) is 0 Å². The van der Waals surface area contributed by atoms with Crippen LogP contribution in [-0.4, -0.2) is 35.8 Å². The number of aryl methyl sites for hydroxylation is 1. The van der Waals surface area contributed by atoms with Gasteiger partial charge in [-0.2, -0.15) is 0 Å². The number of imidazole rings is 1. The van der Waals surface area contributed by atoms with Crippen molar-refractivity contribution in [1.29, 1.82) is 0 Å². The van der Waals surface area contributed by atoms with Crippen LogP contribution < -0.4 is 15.4 Å². The summed E-state index contributed by atoms with van der Waals surface area (Å²) < 4.78 is 13.7. The van der Waals surface area contributed by atoms with E-state index < -0.39 is 0 Å². The van der Waals surface area contributed by atoms with Gasteiger partial charge in [-0.1, -0.05) is 62.2 Å². The Morgan fingerprint density at radius 3 is 2.56 bits per heavy atom. The molecule has 2 N–H and O–H groups in total. The summed E-state index contributed by atoms with van der Waals surface area (Å²) in [4.78, 5) is 17.0. The molecule has 0 bridgehead atoms. The van der Waals surface area contributed by atoms with Crippen molar-refractivity contribution in [3.63, 3.8) is 0 Å². The summed E-state index contributed by atoms with van der Waals surface area (Å²) in [6, 6.07) is 17.5. The zero-order valence-electron chi connectivity index (χ0n) is 20.5. The number of urea groups is 1. The van der Waals surface area contributed by atoms with Crippen LogP contribution in [-0.2, 0) is 17.9 Å². The standard InChI is InChI=1S/C27H36N4O3/c1-4-5-11-17-28-27(32)30-23-15-9-10-16-25(23)34-19-12-18-31-21(2)29-26(24(31)20-33-3)22-13-7-6-8-14-22/h6-10,13-16H,4-5,11-12,17-20H2,1-3H3,(H2,28,30,32). The molecule has 0 aliphatic carbocycles. The average Bonchev–Trinajstić information content (AvgIpc) is 3.16. The summed E-state index contributed by atoms with van der Waals surface area (Å²) in [6.45, 7) is 6.60. The van der Waals surface area contributed by atoms with Crippen molar-refractivity contribution in [2.75, 3.05) is 25.6 Å². The number of anilines is 1. The van der Waals surface area contributed by atoms with Gasteiger partial charge in [0.15, 0.2) is 0 Å². The predicted molar refractivity (Wildman–Crippen MR) is 136 cm³/mol. The lowest BCUT2D eigenvalue weighted by atomic mass is 10.1. The van der Waals surface area contributed by atoms with Crippen molar-refractivity contribution in [1.82, 2.24) is 14.9 Å². The highest BCUT2D eigenvalue weighted by Crippen LogP contribution is 2.26. The van der Waals surface area contributed by atoms with Crippen LogP contribution in [0.5, 0.6) is 5.75 Å². The van der Waals surface area contributed by atoms with Crippen molar-refractivity contribution >= 4 is 11.7 Å². The molecule has 7 heteroatoms. The number of unbranched alkanes of at least 4 members (excludes halogenated alkanes) is 2. The summed E-state index contributed by atoms with van der Waals surface area (Å²) >= 11 is 0. The van der Waals surface area contributed by atoms with Crippen molar-refractivity contribution in [2.24, 2.45) is 0 Å². The first-order valence-electron chi connectivity index (χ1n) is 12.0. The maximum Gasteiger partial charge on any atom is 0.319 e. The normalized spacial score (nSPS) is 10.8. The minimum atomic E-state index is -0.209. The number of methoxy groups -OCH3 is 1. The second kappa shape index (κ2) is 13.4. The lowest BCUT2D eigenvalue weighted by Crippen LogP contribution is -2.29. The topological polar surface area (TPSA) is 77.4 Å². The van der Waals surface area contributed by atoms with Gasteiger partial charge in [-0.15, -0.1) is 0 Å². The number of hydrogen-bond donors (Lipinski definition) is 2. The Labute approximate surface area is 202 Å². The third kappa shape index (κ3) is 7.09. The SMILES string of the molecule is CCCCCNC(=O)Nc1ccccc1OCCCn1c(C)nc(-c2ccccc2)c1COC. The van der Waals surface area contributed by atoms with E-state index in [4.69, 9.17) is 14.5 Å². The zero-order valence-corrected chi connectivity index (χ0v) is 20.5. The number of amides is 2. The zero-order chi connectivity index (χ0) is 24.2. The lowest BCUT2D eigenvalue weighted by Gasteiger charge is -2.14. The number of para-hydroxylation sites is 2. The number of hydrogen-bond acceptors (Lipinski definition) is 4. The summed E-state index contributed by atoms with van der Waals surface area (Å²) in [5.41, 5.74) is 3.77. The molecule has 0 saturated heterocycles. The van der Waals surface area contributed by atoms with Crippen LogP contribution in [0.2, 0.25) is 0 Å². The van der Waals surface area contributed by atoms with Gasteiger partial charge < -0.3 is 24.7 Å². The second-order valence-electron chi connectivity index (χ2n) is 8.19. The molecule has 0 aliphatic heterocycles. The second-order valence-corrected chi connectivity index (χ2v) is 8.19. The summed E-state index contributed by atoms with van der Waals surface area (Å²) in [7, 11) is 1.70. The Bertz CT molecular complexity index is 1030. The largest absolute Gasteiger partial charge is 0.491 e. The number of aromatic nitrogens is 2. The molecular weight excluding hydrogens is 428 g/mol. The summed E-state index contributed by atoms with van der Waals surface area (Å²) in [5.74, 6) is 1.61. The number of nitrogens with one attached hydrogen (secondary N) is 2. The fraction of sp³-hybridized carbons (Fsp3) is 0.407. The van der Waals surface area contributed by atoms with Gasteiger partial charge in [0, 0.05) is 25.8 Å². The summed E-state index contributed by atoms with van der Waals surface area (Å²) in [6.07, 6.45) is 4.00. The molecule has 7 nitrogen and oxygen atoms in total. The molecule has 0 aliphatic rings. The van der Waals surface area contributed by atoms with Gasteiger partial charge in [0.25, 0.3) is 0 Å². The number of ether oxygens (including phenoxy) is 2. The minimum absolute atomic E-state index is 0.209. The van der Waals surface area contributed by atoms with E-state index in [1.165, 1.54) is 0 Å². The van der Waals surface area contributed by atoms with Crippen LogP contribution in [0.15, 0.2) is 54.6 Å². The molecule has 3 rings (SSSR count). The lowest BCUT2D eigenvalue weighted by molar-refractivity contribution is 0.177. The quantitative estimate of drug-likeness (QED) is 0.314. The molecule has 0 fully saturated rings. The highest BCUT2D eigenvalue weighted by atomic mass is 16.5. The highest BCUT2D eigenvalue weighted by molar-refractivity contribution is 5.90. The highest BCUT2D eigenvalue weighted by Gasteiger charge is 2.16. The van der Waals surface area contributed by atoms with E-state index >= 15 is 0 Å². The fourth-order valence-corrected chi connectivity index (χ4v) is 3.86. The van der Waals surface area contributed by atoms with E-state index in [1.807, 2.05) is 49.4 Å². The maximum atomic E-state index is 12.2. The molecule has 34 heavy (non-hydrogen) atoms.